The maximum atomic E-state index is 9.55. The zero-order valence-corrected chi connectivity index (χ0v) is 10.2. The normalized spacial score (nSPS) is 10.8. The van der Waals surface area contributed by atoms with Crippen molar-refractivity contribution in [2.45, 2.75) is 20.3 Å². The van der Waals surface area contributed by atoms with Crippen LogP contribution in [-0.4, -0.2) is 25.4 Å². The van der Waals surface area contributed by atoms with E-state index in [9.17, 15) is 5.11 Å². The van der Waals surface area contributed by atoms with Crippen molar-refractivity contribution in [3.8, 4) is 11.5 Å². The lowest BCUT2D eigenvalue weighted by molar-refractivity contribution is 0.146. The van der Waals surface area contributed by atoms with Crippen LogP contribution in [-0.2, 0) is 11.2 Å². The molecular weight excluding hydrogens is 204 g/mol. The molecule has 1 aromatic carbocycles. The molecule has 0 radical (unpaired) electrons. The van der Waals surface area contributed by atoms with Crippen LogP contribution in [0.2, 0.25) is 0 Å². The van der Waals surface area contributed by atoms with E-state index < -0.39 is 0 Å². The summed E-state index contributed by atoms with van der Waals surface area (Å²) in [6, 6.07) is 5.37. The Labute approximate surface area is 97.0 Å². The van der Waals surface area contributed by atoms with Gasteiger partial charge in [0, 0.05) is 13.2 Å². The minimum atomic E-state index is 0.255. The predicted octanol–water partition coefficient (Wildman–Crippen LogP) is 2.62. The zero-order chi connectivity index (χ0) is 12.0. The summed E-state index contributed by atoms with van der Waals surface area (Å²) in [5, 5.41) is 9.55. The zero-order valence-electron chi connectivity index (χ0n) is 10.2. The molecule has 0 heterocycles. The average molecular weight is 224 g/mol. The van der Waals surface area contributed by atoms with Gasteiger partial charge in [0.05, 0.1) is 6.61 Å². The highest BCUT2D eigenvalue weighted by atomic mass is 16.5. The number of rotatable bonds is 6. The molecule has 0 aliphatic heterocycles. The highest BCUT2D eigenvalue weighted by Crippen LogP contribution is 2.23. The Kier molecular flexibility index (Phi) is 5.12. The SMILES string of the molecule is COCCOc1cc(O)cc(CC(C)C)c1. The van der Waals surface area contributed by atoms with Gasteiger partial charge in [-0.3, -0.25) is 0 Å². The van der Waals surface area contributed by atoms with Gasteiger partial charge < -0.3 is 14.6 Å². The smallest absolute Gasteiger partial charge is 0.123 e. The Morgan fingerprint density at radius 2 is 1.94 bits per heavy atom. The van der Waals surface area contributed by atoms with Gasteiger partial charge in [-0.2, -0.15) is 0 Å². The number of aromatic hydroxyl groups is 1. The van der Waals surface area contributed by atoms with Crippen LogP contribution in [0.25, 0.3) is 0 Å². The molecule has 0 bridgehead atoms. The molecule has 90 valence electrons. The van der Waals surface area contributed by atoms with Gasteiger partial charge in [0.15, 0.2) is 0 Å². The van der Waals surface area contributed by atoms with Crippen LogP contribution in [0.1, 0.15) is 19.4 Å². The Balaban J connectivity index is 2.65. The Hall–Kier alpha value is -1.22. The fourth-order valence-corrected chi connectivity index (χ4v) is 1.56. The number of ether oxygens (including phenoxy) is 2. The minimum Gasteiger partial charge on any atom is -0.508 e. The molecule has 0 aliphatic rings. The summed E-state index contributed by atoms with van der Waals surface area (Å²) in [5.74, 6) is 1.52. The minimum absolute atomic E-state index is 0.255. The number of phenols is 1. The monoisotopic (exact) mass is 224 g/mol. The number of phenolic OH excluding ortho intramolecular Hbond substituents is 1. The van der Waals surface area contributed by atoms with E-state index in [2.05, 4.69) is 13.8 Å². The van der Waals surface area contributed by atoms with E-state index in [1.54, 1.807) is 19.2 Å². The molecule has 0 saturated heterocycles. The van der Waals surface area contributed by atoms with Gasteiger partial charge in [-0.05, 0) is 30.0 Å². The average Bonchev–Trinajstić information content (AvgIpc) is 2.16. The highest BCUT2D eigenvalue weighted by Gasteiger charge is 2.03. The first-order chi connectivity index (χ1) is 7.61. The maximum Gasteiger partial charge on any atom is 0.123 e. The Bertz CT molecular complexity index is 321. The van der Waals surface area contributed by atoms with Crippen LogP contribution in [0, 0.1) is 5.92 Å². The van der Waals surface area contributed by atoms with Crippen LogP contribution in [0.15, 0.2) is 18.2 Å². The Morgan fingerprint density at radius 3 is 2.56 bits per heavy atom. The van der Waals surface area contributed by atoms with E-state index in [1.165, 1.54) is 0 Å². The summed E-state index contributed by atoms with van der Waals surface area (Å²) in [6.07, 6.45) is 0.940. The summed E-state index contributed by atoms with van der Waals surface area (Å²) in [6.45, 7) is 5.35. The topological polar surface area (TPSA) is 38.7 Å². The van der Waals surface area contributed by atoms with Crippen molar-refractivity contribution < 1.29 is 14.6 Å². The standard InChI is InChI=1S/C13H20O3/c1-10(2)6-11-7-12(14)9-13(8-11)16-5-4-15-3/h7-10,14H,4-6H2,1-3H3. The highest BCUT2D eigenvalue weighted by molar-refractivity contribution is 5.37. The lowest BCUT2D eigenvalue weighted by Gasteiger charge is -2.10. The molecule has 1 aromatic rings. The summed E-state index contributed by atoms with van der Waals surface area (Å²) >= 11 is 0. The van der Waals surface area contributed by atoms with Gasteiger partial charge in [0.2, 0.25) is 0 Å². The van der Waals surface area contributed by atoms with Gasteiger partial charge in [-0.1, -0.05) is 13.8 Å². The molecule has 1 N–H and O–H groups in total. The molecular formula is C13H20O3. The maximum absolute atomic E-state index is 9.55. The van der Waals surface area contributed by atoms with E-state index in [-0.39, 0.29) is 5.75 Å². The van der Waals surface area contributed by atoms with Crippen molar-refractivity contribution in [2.75, 3.05) is 20.3 Å². The van der Waals surface area contributed by atoms with Gasteiger partial charge in [-0.15, -0.1) is 0 Å². The van der Waals surface area contributed by atoms with E-state index >= 15 is 0 Å². The first-order valence-electron chi connectivity index (χ1n) is 5.56. The summed E-state index contributed by atoms with van der Waals surface area (Å²) in [5.41, 5.74) is 1.10. The lowest BCUT2D eigenvalue weighted by atomic mass is 10.0. The molecule has 0 aliphatic carbocycles. The van der Waals surface area contributed by atoms with Crippen molar-refractivity contribution in [1.82, 2.24) is 0 Å². The second-order valence-electron chi connectivity index (χ2n) is 4.27. The molecule has 3 heteroatoms. The molecule has 0 aromatic heterocycles. The van der Waals surface area contributed by atoms with Crippen LogP contribution in [0.4, 0.5) is 0 Å². The number of hydrogen-bond donors (Lipinski definition) is 1. The quantitative estimate of drug-likeness (QED) is 0.755. The summed E-state index contributed by atoms with van der Waals surface area (Å²) in [7, 11) is 1.63. The predicted molar refractivity (Wildman–Crippen MR) is 64.0 cm³/mol. The molecule has 0 fully saturated rings. The van der Waals surface area contributed by atoms with E-state index in [4.69, 9.17) is 9.47 Å². The molecule has 3 nitrogen and oxygen atoms in total. The van der Waals surface area contributed by atoms with Gasteiger partial charge in [0.1, 0.15) is 18.1 Å². The van der Waals surface area contributed by atoms with E-state index in [1.807, 2.05) is 6.07 Å². The lowest BCUT2D eigenvalue weighted by Crippen LogP contribution is -2.04. The largest absolute Gasteiger partial charge is 0.508 e. The fourth-order valence-electron chi connectivity index (χ4n) is 1.56. The van der Waals surface area contributed by atoms with Crippen LogP contribution in [0.3, 0.4) is 0 Å². The first-order valence-corrected chi connectivity index (χ1v) is 5.56. The second-order valence-corrected chi connectivity index (χ2v) is 4.27. The van der Waals surface area contributed by atoms with Crippen molar-refractivity contribution >= 4 is 0 Å². The molecule has 16 heavy (non-hydrogen) atoms. The second kappa shape index (κ2) is 6.38. The third kappa shape index (κ3) is 4.53. The summed E-state index contributed by atoms with van der Waals surface area (Å²) in [4.78, 5) is 0. The number of benzene rings is 1. The van der Waals surface area contributed by atoms with E-state index in [0.29, 0.717) is 24.9 Å². The van der Waals surface area contributed by atoms with Crippen LogP contribution in [0.5, 0.6) is 11.5 Å². The third-order valence-corrected chi connectivity index (χ3v) is 2.15. The van der Waals surface area contributed by atoms with Crippen LogP contribution >= 0.6 is 0 Å². The van der Waals surface area contributed by atoms with Gasteiger partial charge in [0.25, 0.3) is 0 Å². The van der Waals surface area contributed by atoms with Crippen LogP contribution < -0.4 is 4.74 Å². The molecule has 0 amide bonds. The molecule has 0 spiro atoms. The molecule has 0 atom stereocenters. The van der Waals surface area contributed by atoms with Crippen molar-refractivity contribution in [2.24, 2.45) is 5.92 Å². The number of methoxy groups -OCH3 is 1. The first kappa shape index (κ1) is 12.8. The molecule has 0 saturated carbocycles. The van der Waals surface area contributed by atoms with Crippen molar-refractivity contribution in [3.63, 3.8) is 0 Å². The van der Waals surface area contributed by atoms with Gasteiger partial charge >= 0.3 is 0 Å². The van der Waals surface area contributed by atoms with Crippen molar-refractivity contribution in [1.29, 1.82) is 0 Å². The van der Waals surface area contributed by atoms with Gasteiger partial charge in [-0.25, -0.2) is 0 Å². The third-order valence-electron chi connectivity index (χ3n) is 2.15. The Morgan fingerprint density at radius 1 is 1.19 bits per heavy atom. The number of hydrogen-bond acceptors (Lipinski definition) is 3. The van der Waals surface area contributed by atoms with Crippen molar-refractivity contribution in [3.05, 3.63) is 23.8 Å². The van der Waals surface area contributed by atoms with E-state index in [0.717, 1.165) is 12.0 Å². The molecule has 0 unspecified atom stereocenters. The summed E-state index contributed by atoms with van der Waals surface area (Å²) < 4.78 is 10.4. The fraction of sp³-hybridized carbons (Fsp3) is 0.538. The molecule has 1 rings (SSSR count).